The summed E-state index contributed by atoms with van der Waals surface area (Å²) in [7, 11) is 2.05. The first-order valence-corrected chi connectivity index (χ1v) is 9.47. The summed E-state index contributed by atoms with van der Waals surface area (Å²) < 4.78 is 7.54. The van der Waals surface area contributed by atoms with E-state index in [1.807, 2.05) is 0 Å². The first-order valence-electron chi connectivity index (χ1n) is 9.47. The highest BCUT2D eigenvalue weighted by Crippen LogP contribution is 2.33. The molecule has 1 aliphatic heterocycles. The zero-order chi connectivity index (χ0) is 20.1. The number of aromatic nitrogens is 4. The highest BCUT2D eigenvalue weighted by molar-refractivity contribution is 5.81. The molecule has 0 radical (unpaired) electrons. The summed E-state index contributed by atoms with van der Waals surface area (Å²) in [5.41, 5.74) is 6.71. The first kappa shape index (κ1) is 20.8. The fourth-order valence-electron chi connectivity index (χ4n) is 3.50. The van der Waals surface area contributed by atoms with Crippen LogP contribution in [0.2, 0.25) is 0 Å². The largest absolute Gasteiger partial charge is 0.388 e. The molecule has 0 aromatic carbocycles. The van der Waals surface area contributed by atoms with Crippen LogP contribution >= 0.6 is 0 Å². The zero-order valence-electron chi connectivity index (χ0n) is 16.0. The van der Waals surface area contributed by atoms with E-state index in [1.54, 1.807) is 4.57 Å². The maximum absolute atomic E-state index is 10.5. The van der Waals surface area contributed by atoms with Gasteiger partial charge < -0.3 is 30.4 Å². The van der Waals surface area contributed by atoms with Crippen LogP contribution in [0.25, 0.3) is 11.2 Å². The number of ether oxygens (including phenoxy) is 1. The van der Waals surface area contributed by atoms with Crippen molar-refractivity contribution in [3.05, 3.63) is 12.7 Å². The number of nitrogen functional groups attached to an aromatic ring is 1. The van der Waals surface area contributed by atoms with E-state index in [-0.39, 0.29) is 5.82 Å². The third-order valence-corrected chi connectivity index (χ3v) is 5.08. The zero-order valence-corrected chi connectivity index (χ0v) is 16.0. The van der Waals surface area contributed by atoms with E-state index in [0.29, 0.717) is 24.2 Å². The smallest absolute Gasteiger partial charge is 0.167 e. The van der Waals surface area contributed by atoms with E-state index in [9.17, 15) is 10.2 Å². The van der Waals surface area contributed by atoms with Gasteiger partial charge in [0.1, 0.15) is 24.1 Å². The molecular formula is C17H29N7O4. The van der Waals surface area contributed by atoms with Crippen molar-refractivity contribution in [3.8, 4) is 0 Å². The van der Waals surface area contributed by atoms with Crippen LogP contribution in [0.5, 0.6) is 0 Å². The lowest BCUT2D eigenvalue weighted by atomic mass is 10.1. The van der Waals surface area contributed by atoms with Gasteiger partial charge in [0.05, 0.1) is 19.0 Å². The van der Waals surface area contributed by atoms with E-state index in [1.165, 1.54) is 12.7 Å². The predicted octanol–water partition coefficient (Wildman–Crippen LogP) is -0.590. The maximum Gasteiger partial charge on any atom is 0.167 e. The Kier molecular flexibility index (Phi) is 7.10. The van der Waals surface area contributed by atoms with Crippen LogP contribution in [0.4, 0.5) is 5.82 Å². The fraction of sp³-hybridized carbons (Fsp3) is 0.706. The lowest BCUT2D eigenvalue weighted by Gasteiger charge is -2.19. The molecule has 3 heterocycles. The quantitative estimate of drug-likeness (QED) is 0.303. The Labute approximate surface area is 163 Å². The van der Waals surface area contributed by atoms with E-state index in [4.69, 9.17) is 16.4 Å². The van der Waals surface area contributed by atoms with Crippen molar-refractivity contribution in [1.82, 2.24) is 24.4 Å². The molecule has 6 N–H and O–H groups in total. The van der Waals surface area contributed by atoms with E-state index in [2.05, 4.69) is 31.7 Å². The Hall–Kier alpha value is -1.89. The molecule has 4 atom stereocenters. The molecule has 1 saturated heterocycles. The second-order valence-corrected chi connectivity index (χ2v) is 7.15. The summed E-state index contributed by atoms with van der Waals surface area (Å²) in [6.07, 6.45) is 2.95. The van der Waals surface area contributed by atoms with Gasteiger partial charge >= 0.3 is 0 Å². The molecular weight excluding hydrogens is 366 g/mol. The van der Waals surface area contributed by atoms with Gasteiger partial charge in [0.25, 0.3) is 0 Å². The average Bonchev–Trinajstić information content (AvgIpc) is 3.22. The van der Waals surface area contributed by atoms with Crippen molar-refractivity contribution in [3.63, 3.8) is 0 Å². The van der Waals surface area contributed by atoms with E-state index >= 15 is 0 Å². The second-order valence-electron chi connectivity index (χ2n) is 7.15. The van der Waals surface area contributed by atoms with Crippen LogP contribution in [0.1, 0.15) is 31.9 Å². The number of unbranched alkanes of at least 4 members (excludes halogenated alkanes) is 1. The number of hydrogen-bond acceptors (Lipinski definition) is 10. The normalized spacial score (nSPS) is 25.2. The standard InChI is InChI=1S/C17H29N7O4/c1-23(6-2-3-8-27-19)7-4-5-11-13(25)14(26)17(28-11)24-10-22-12-15(18)20-9-21-16(12)24/h9-11,13-14,17,25-26H,2-8,19H2,1H3,(H2,18,20,21)/t11-,13?,14?,17-/m1/s1. The van der Waals surface area contributed by atoms with Crippen LogP contribution in [-0.4, -0.2) is 79.7 Å². The highest BCUT2D eigenvalue weighted by Gasteiger charge is 2.43. The highest BCUT2D eigenvalue weighted by atomic mass is 16.6. The van der Waals surface area contributed by atoms with E-state index < -0.39 is 24.5 Å². The third-order valence-electron chi connectivity index (χ3n) is 5.08. The predicted molar refractivity (Wildman–Crippen MR) is 102 cm³/mol. The van der Waals surface area contributed by atoms with Gasteiger partial charge in [-0.05, 0) is 45.8 Å². The Morgan fingerprint density at radius 1 is 1.18 bits per heavy atom. The van der Waals surface area contributed by atoms with Gasteiger partial charge in [-0.15, -0.1) is 0 Å². The maximum atomic E-state index is 10.5. The Morgan fingerprint density at radius 3 is 2.75 bits per heavy atom. The number of fused-ring (bicyclic) bond motifs is 1. The van der Waals surface area contributed by atoms with Gasteiger partial charge in [-0.3, -0.25) is 4.57 Å². The summed E-state index contributed by atoms with van der Waals surface area (Å²) in [6, 6.07) is 0. The second kappa shape index (κ2) is 9.54. The number of aliphatic hydroxyl groups excluding tert-OH is 2. The molecule has 0 amide bonds. The van der Waals surface area contributed by atoms with Gasteiger partial charge in [0.15, 0.2) is 17.7 Å². The number of imidazole rings is 1. The molecule has 11 nitrogen and oxygen atoms in total. The molecule has 3 rings (SSSR count). The Bertz CT molecular complexity index is 758. The minimum Gasteiger partial charge on any atom is -0.388 e. The minimum atomic E-state index is -1.08. The molecule has 2 aromatic heterocycles. The van der Waals surface area contributed by atoms with Gasteiger partial charge in [0, 0.05) is 0 Å². The molecule has 28 heavy (non-hydrogen) atoms. The first-order chi connectivity index (χ1) is 13.5. The number of hydrogen-bond donors (Lipinski definition) is 4. The van der Waals surface area contributed by atoms with Crippen molar-refractivity contribution in [2.45, 2.75) is 50.2 Å². The Balaban J connectivity index is 1.53. The minimum absolute atomic E-state index is 0.259. The average molecular weight is 395 g/mol. The van der Waals surface area contributed by atoms with Crippen LogP contribution in [0.3, 0.4) is 0 Å². The van der Waals surface area contributed by atoms with Crippen LogP contribution in [-0.2, 0) is 9.57 Å². The van der Waals surface area contributed by atoms with Crippen molar-refractivity contribution in [2.75, 3.05) is 32.5 Å². The fourth-order valence-corrected chi connectivity index (χ4v) is 3.50. The van der Waals surface area contributed by atoms with Gasteiger partial charge in [-0.1, -0.05) is 0 Å². The lowest BCUT2D eigenvalue weighted by molar-refractivity contribution is -0.0377. The molecule has 156 valence electrons. The molecule has 11 heteroatoms. The molecule has 0 aliphatic carbocycles. The topological polar surface area (TPSA) is 158 Å². The molecule has 2 aromatic rings. The molecule has 0 saturated carbocycles. The summed E-state index contributed by atoms with van der Waals surface area (Å²) in [4.78, 5) is 19.0. The van der Waals surface area contributed by atoms with Gasteiger partial charge in [-0.2, -0.15) is 0 Å². The van der Waals surface area contributed by atoms with Gasteiger partial charge in [-0.25, -0.2) is 20.8 Å². The third kappa shape index (κ3) is 4.57. The summed E-state index contributed by atoms with van der Waals surface area (Å²) in [5.74, 6) is 5.27. The SMILES string of the molecule is CN(CCCCON)CCC[C@H]1O[C@@H](n2cnc3c(N)ncnc32)C(O)C1O. The van der Waals surface area contributed by atoms with Crippen LogP contribution in [0, 0.1) is 0 Å². The van der Waals surface area contributed by atoms with Crippen molar-refractivity contribution in [2.24, 2.45) is 5.90 Å². The summed E-state index contributed by atoms with van der Waals surface area (Å²) >= 11 is 0. The molecule has 1 fully saturated rings. The van der Waals surface area contributed by atoms with Crippen LogP contribution < -0.4 is 11.6 Å². The van der Waals surface area contributed by atoms with Crippen molar-refractivity contribution < 1.29 is 19.8 Å². The van der Waals surface area contributed by atoms with Crippen molar-refractivity contribution >= 4 is 17.0 Å². The number of aliphatic hydroxyl groups is 2. The van der Waals surface area contributed by atoms with Crippen molar-refractivity contribution in [1.29, 1.82) is 0 Å². The number of rotatable bonds is 10. The molecule has 0 spiro atoms. The number of nitrogens with two attached hydrogens (primary N) is 2. The van der Waals surface area contributed by atoms with Gasteiger partial charge in [0.2, 0.25) is 0 Å². The van der Waals surface area contributed by atoms with Crippen LogP contribution in [0.15, 0.2) is 12.7 Å². The Morgan fingerprint density at radius 2 is 1.96 bits per heavy atom. The number of anilines is 1. The molecule has 1 aliphatic rings. The van der Waals surface area contributed by atoms with E-state index in [0.717, 1.165) is 32.4 Å². The lowest BCUT2D eigenvalue weighted by Crippen LogP contribution is -2.32. The summed E-state index contributed by atoms with van der Waals surface area (Å²) in [5, 5.41) is 20.9. The number of nitrogens with zero attached hydrogens (tertiary/aromatic N) is 5. The molecule has 2 unspecified atom stereocenters. The molecule has 0 bridgehead atoms. The summed E-state index contributed by atoms with van der Waals surface area (Å²) in [6.45, 7) is 2.38. The monoisotopic (exact) mass is 395 g/mol.